The summed E-state index contributed by atoms with van der Waals surface area (Å²) in [6, 6.07) is 7.54. The smallest absolute Gasteiger partial charge is 0.266 e. The van der Waals surface area contributed by atoms with E-state index in [2.05, 4.69) is 40.5 Å². The molecule has 27 heavy (non-hydrogen) atoms. The van der Waals surface area contributed by atoms with Crippen LogP contribution in [0.5, 0.6) is 0 Å². The highest BCUT2D eigenvalue weighted by Gasteiger charge is 2.27. The molecule has 4 heterocycles. The number of fused-ring (bicyclic) bond motifs is 1. The van der Waals surface area contributed by atoms with Crippen LogP contribution in [0.1, 0.15) is 6.42 Å². The molecule has 0 amide bonds. The Hall–Kier alpha value is -3.20. The summed E-state index contributed by atoms with van der Waals surface area (Å²) in [6.45, 7) is 1.58. The second-order valence-corrected chi connectivity index (χ2v) is 6.77. The van der Waals surface area contributed by atoms with Gasteiger partial charge in [-0.1, -0.05) is 11.6 Å². The number of hydrogen-bond acceptors (Lipinski definition) is 8. The first-order valence-electron chi connectivity index (χ1n) is 8.51. The van der Waals surface area contributed by atoms with E-state index in [-0.39, 0.29) is 6.04 Å². The number of benzene rings is 1. The van der Waals surface area contributed by atoms with E-state index in [4.69, 9.17) is 16.1 Å². The molecule has 1 aromatic carbocycles. The summed E-state index contributed by atoms with van der Waals surface area (Å²) in [5, 5.41) is 16.0. The summed E-state index contributed by atoms with van der Waals surface area (Å²) in [5.74, 6) is 1.84. The lowest BCUT2D eigenvalue weighted by Gasteiger charge is -2.15. The van der Waals surface area contributed by atoms with Gasteiger partial charge in [-0.25, -0.2) is 9.97 Å². The van der Waals surface area contributed by atoms with Crippen molar-refractivity contribution in [3.8, 4) is 11.5 Å². The summed E-state index contributed by atoms with van der Waals surface area (Å²) in [5.41, 5.74) is 1.56. The minimum absolute atomic E-state index is 0.218. The van der Waals surface area contributed by atoms with E-state index in [0.29, 0.717) is 22.5 Å². The molecule has 0 bridgehead atoms. The third-order valence-electron chi connectivity index (χ3n) is 4.57. The molecule has 9 nitrogen and oxygen atoms in total. The van der Waals surface area contributed by atoms with Crippen LogP contribution in [0.4, 0.5) is 11.8 Å². The van der Waals surface area contributed by atoms with Gasteiger partial charge in [0.25, 0.3) is 11.8 Å². The van der Waals surface area contributed by atoms with Crippen LogP contribution in [0.15, 0.2) is 41.3 Å². The Balaban J connectivity index is 1.30. The molecule has 2 N–H and O–H groups in total. The Kier molecular flexibility index (Phi) is 3.86. The molecule has 0 spiro atoms. The molecule has 0 radical (unpaired) electrons. The van der Waals surface area contributed by atoms with Crippen molar-refractivity contribution < 1.29 is 4.52 Å². The van der Waals surface area contributed by atoms with Gasteiger partial charge in [-0.3, -0.25) is 5.10 Å². The molecule has 136 valence electrons. The molecule has 0 aliphatic carbocycles. The van der Waals surface area contributed by atoms with Crippen molar-refractivity contribution in [2.75, 3.05) is 23.3 Å². The van der Waals surface area contributed by atoms with E-state index in [0.717, 1.165) is 36.3 Å². The van der Waals surface area contributed by atoms with Gasteiger partial charge in [0.15, 0.2) is 5.65 Å². The number of anilines is 2. The summed E-state index contributed by atoms with van der Waals surface area (Å²) in [6.07, 6.45) is 4.18. The van der Waals surface area contributed by atoms with E-state index in [1.807, 2.05) is 12.1 Å². The van der Waals surface area contributed by atoms with Gasteiger partial charge in [0, 0.05) is 29.7 Å². The molecule has 1 atom stereocenters. The molecule has 1 aliphatic rings. The fourth-order valence-corrected chi connectivity index (χ4v) is 3.31. The zero-order valence-electron chi connectivity index (χ0n) is 14.1. The van der Waals surface area contributed by atoms with Crippen LogP contribution >= 0.6 is 11.6 Å². The minimum Gasteiger partial charge on any atom is -0.365 e. The van der Waals surface area contributed by atoms with Crippen molar-refractivity contribution in [1.29, 1.82) is 0 Å². The Morgan fingerprint density at radius 3 is 3.00 bits per heavy atom. The van der Waals surface area contributed by atoms with Crippen LogP contribution in [-0.4, -0.2) is 49.4 Å². The largest absolute Gasteiger partial charge is 0.365 e. The number of aromatic nitrogens is 6. The van der Waals surface area contributed by atoms with E-state index in [1.165, 1.54) is 6.33 Å². The van der Waals surface area contributed by atoms with Crippen molar-refractivity contribution in [1.82, 2.24) is 30.3 Å². The van der Waals surface area contributed by atoms with Gasteiger partial charge >= 0.3 is 0 Å². The predicted molar refractivity (Wildman–Crippen MR) is 101 cm³/mol. The summed E-state index contributed by atoms with van der Waals surface area (Å²) < 4.78 is 5.40. The quantitative estimate of drug-likeness (QED) is 0.554. The fourth-order valence-electron chi connectivity index (χ4n) is 3.19. The molecule has 0 saturated carbocycles. The maximum Gasteiger partial charge on any atom is 0.266 e. The van der Waals surface area contributed by atoms with E-state index < -0.39 is 0 Å². The molecule has 5 rings (SSSR count). The molecule has 10 heteroatoms. The predicted octanol–water partition coefficient (Wildman–Crippen LogP) is 2.75. The summed E-state index contributed by atoms with van der Waals surface area (Å²) in [7, 11) is 0. The molecule has 4 aromatic rings. The highest BCUT2D eigenvalue weighted by Crippen LogP contribution is 2.25. The topological polar surface area (TPSA) is 109 Å². The third-order valence-corrected chi connectivity index (χ3v) is 4.82. The normalized spacial score (nSPS) is 16.9. The van der Waals surface area contributed by atoms with Crippen LogP contribution in [0, 0.1) is 0 Å². The lowest BCUT2D eigenvalue weighted by Crippen LogP contribution is -2.27. The molecule has 0 unspecified atom stereocenters. The van der Waals surface area contributed by atoms with Crippen LogP contribution in [0.2, 0.25) is 5.02 Å². The third kappa shape index (κ3) is 3.06. The maximum absolute atomic E-state index is 5.92. The standard InChI is InChI=1S/C17H15ClN8O/c18-11-3-1-10(2-4-11)16-23-17(25-27-16)26-6-5-12(8-26)22-14-13-7-21-24-15(13)20-9-19-14/h1-4,7,9,12H,5-6,8H2,(H2,19,20,21,22,24)/t12-/m0/s1. The van der Waals surface area contributed by atoms with Crippen LogP contribution in [0.25, 0.3) is 22.5 Å². The summed E-state index contributed by atoms with van der Waals surface area (Å²) in [4.78, 5) is 15.1. The molecule has 1 aliphatic heterocycles. The van der Waals surface area contributed by atoms with Gasteiger partial charge in [0.05, 0.1) is 11.6 Å². The number of nitrogens with one attached hydrogen (secondary N) is 2. The van der Waals surface area contributed by atoms with Crippen LogP contribution < -0.4 is 10.2 Å². The Morgan fingerprint density at radius 2 is 2.11 bits per heavy atom. The van der Waals surface area contributed by atoms with Gasteiger partial charge in [-0.15, -0.1) is 0 Å². The number of aromatic amines is 1. The monoisotopic (exact) mass is 382 g/mol. The van der Waals surface area contributed by atoms with E-state index in [9.17, 15) is 0 Å². The minimum atomic E-state index is 0.218. The van der Waals surface area contributed by atoms with E-state index >= 15 is 0 Å². The molecular formula is C17H15ClN8O. The first kappa shape index (κ1) is 16.0. The lowest BCUT2D eigenvalue weighted by molar-refractivity contribution is 0.430. The first-order chi connectivity index (χ1) is 13.3. The Morgan fingerprint density at radius 1 is 1.22 bits per heavy atom. The molecule has 1 fully saturated rings. The van der Waals surface area contributed by atoms with Crippen molar-refractivity contribution in [3.05, 3.63) is 41.8 Å². The second kappa shape index (κ2) is 6.51. The zero-order valence-corrected chi connectivity index (χ0v) is 14.9. The molecule has 3 aromatic heterocycles. The highest BCUT2D eigenvalue weighted by atomic mass is 35.5. The van der Waals surface area contributed by atoms with Crippen LogP contribution in [-0.2, 0) is 0 Å². The van der Waals surface area contributed by atoms with Gasteiger partial charge < -0.3 is 14.7 Å². The Bertz CT molecular complexity index is 1080. The number of hydrogen-bond donors (Lipinski definition) is 2. The van der Waals surface area contributed by atoms with Gasteiger partial charge in [-0.2, -0.15) is 10.1 Å². The number of H-pyrrole nitrogens is 1. The SMILES string of the molecule is Clc1ccc(-c2nc(N3CC[C@H](Nc4ncnc5[nH]ncc45)C3)no2)cc1. The van der Waals surface area contributed by atoms with Crippen molar-refractivity contribution in [3.63, 3.8) is 0 Å². The van der Waals surface area contributed by atoms with Crippen molar-refractivity contribution in [2.24, 2.45) is 0 Å². The molecule has 1 saturated heterocycles. The highest BCUT2D eigenvalue weighted by molar-refractivity contribution is 6.30. The van der Waals surface area contributed by atoms with E-state index in [1.54, 1.807) is 18.3 Å². The van der Waals surface area contributed by atoms with Gasteiger partial charge in [0.1, 0.15) is 12.1 Å². The summed E-state index contributed by atoms with van der Waals surface area (Å²) >= 11 is 5.92. The number of halogens is 1. The fraction of sp³-hybridized carbons (Fsp3) is 0.235. The first-order valence-corrected chi connectivity index (χ1v) is 8.89. The Labute approximate surface area is 158 Å². The molecular weight excluding hydrogens is 368 g/mol. The van der Waals surface area contributed by atoms with Crippen LogP contribution in [0.3, 0.4) is 0 Å². The second-order valence-electron chi connectivity index (χ2n) is 6.34. The van der Waals surface area contributed by atoms with Crippen molar-refractivity contribution >= 4 is 34.4 Å². The number of rotatable bonds is 4. The average molecular weight is 383 g/mol. The average Bonchev–Trinajstić information content (AvgIpc) is 3.43. The van der Waals surface area contributed by atoms with Crippen molar-refractivity contribution in [2.45, 2.75) is 12.5 Å². The maximum atomic E-state index is 5.92. The van der Waals surface area contributed by atoms with Gasteiger partial charge in [-0.05, 0) is 35.8 Å². The number of nitrogens with zero attached hydrogens (tertiary/aromatic N) is 6. The zero-order chi connectivity index (χ0) is 18.2. The lowest BCUT2D eigenvalue weighted by atomic mass is 10.2. The van der Waals surface area contributed by atoms with Gasteiger partial charge in [0.2, 0.25) is 0 Å².